The van der Waals surface area contributed by atoms with E-state index in [2.05, 4.69) is 51.6 Å². The Labute approximate surface area is 206 Å². The normalized spacial score (nSPS) is 16.0. The highest BCUT2D eigenvalue weighted by atomic mass is 19.1. The fourth-order valence-corrected chi connectivity index (χ4v) is 5.23. The van der Waals surface area contributed by atoms with E-state index in [1.807, 2.05) is 44.3 Å². The Morgan fingerprint density at radius 3 is 2.49 bits per heavy atom. The van der Waals surface area contributed by atoms with Gasteiger partial charge in [-0.05, 0) is 84.9 Å². The molecular weight excluding hydrogens is 437 g/mol. The van der Waals surface area contributed by atoms with E-state index in [0.717, 1.165) is 42.7 Å². The zero-order chi connectivity index (χ0) is 24.4. The number of nitrogens with one attached hydrogen (secondary N) is 2. The van der Waals surface area contributed by atoms with Crippen molar-refractivity contribution < 1.29 is 9.18 Å². The van der Waals surface area contributed by atoms with Crippen molar-refractivity contribution >= 4 is 22.5 Å². The van der Waals surface area contributed by atoms with Gasteiger partial charge in [-0.2, -0.15) is 0 Å². The predicted molar refractivity (Wildman–Crippen MR) is 140 cm³/mol. The predicted octanol–water partition coefficient (Wildman–Crippen LogP) is 6.87. The summed E-state index contributed by atoms with van der Waals surface area (Å²) in [5.74, 6) is 0.224. The minimum absolute atomic E-state index is 0.0399. The third-order valence-corrected chi connectivity index (χ3v) is 7.15. The molecule has 1 atom stereocenters. The van der Waals surface area contributed by atoms with Gasteiger partial charge in [0.2, 0.25) is 5.91 Å². The Bertz CT molecular complexity index is 1300. The Kier molecular flexibility index (Phi) is 6.69. The number of H-pyrrole nitrogens is 1. The summed E-state index contributed by atoms with van der Waals surface area (Å²) in [6.45, 7) is 5.69. The van der Waals surface area contributed by atoms with Crippen molar-refractivity contribution in [2.75, 3.05) is 18.4 Å². The first-order valence-corrected chi connectivity index (χ1v) is 12.5. The highest BCUT2D eigenvalue weighted by Gasteiger charge is 2.29. The first-order chi connectivity index (χ1) is 17.0. The molecule has 2 heterocycles. The Morgan fingerprint density at radius 2 is 1.74 bits per heavy atom. The molecule has 5 heteroatoms. The number of aromatic amines is 1. The molecule has 1 amide bonds. The summed E-state index contributed by atoms with van der Waals surface area (Å²) in [6, 6.07) is 23.8. The third-order valence-electron chi connectivity index (χ3n) is 7.15. The molecule has 1 aliphatic rings. The first-order valence-electron chi connectivity index (χ1n) is 12.5. The molecule has 180 valence electrons. The third kappa shape index (κ3) is 5.01. The monoisotopic (exact) mass is 469 g/mol. The van der Waals surface area contributed by atoms with Crippen LogP contribution in [0.25, 0.3) is 10.9 Å². The number of carbonyl (C=O) groups is 1. The van der Waals surface area contributed by atoms with E-state index in [4.69, 9.17) is 0 Å². The number of hydrogen-bond donors (Lipinski definition) is 2. The van der Waals surface area contributed by atoms with Crippen LogP contribution in [0.1, 0.15) is 55.3 Å². The molecule has 1 fully saturated rings. The van der Waals surface area contributed by atoms with Gasteiger partial charge < -0.3 is 10.3 Å². The molecule has 3 aromatic carbocycles. The number of amides is 1. The number of hydrogen-bond acceptors (Lipinski definition) is 2. The molecule has 4 aromatic rings. The quantitative estimate of drug-likeness (QED) is 0.324. The SMILES string of the molecule is CC(C)C(=O)Nc1cccc(C2CCN(C(c3ccc(F)cc3)c3cccc4[nH]ccc34)CC2)c1. The molecule has 0 aliphatic carbocycles. The van der Waals surface area contributed by atoms with Gasteiger partial charge >= 0.3 is 0 Å². The molecule has 1 aliphatic heterocycles. The second-order valence-electron chi connectivity index (χ2n) is 9.82. The van der Waals surface area contributed by atoms with E-state index < -0.39 is 0 Å². The van der Waals surface area contributed by atoms with Crippen molar-refractivity contribution in [1.82, 2.24) is 9.88 Å². The number of anilines is 1. The van der Waals surface area contributed by atoms with E-state index in [1.54, 1.807) is 12.1 Å². The molecule has 0 saturated carbocycles. The van der Waals surface area contributed by atoms with E-state index in [0.29, 0.717) is 5.92 Å². The van der Waals surface area contributed by atoms with Gasteiger partial charge in [0.1, 0.15) is 5.82 Å². The maximum Gasteiger partial charge on any atom is 0.226 e. The fraction of sp³-hybridized carbons (Fsp3) is 0.300. The summed E-state index contributed by atoms with van der Waals surface area (Å²) in [5.41, 5.74) is 5.61. The van der Waals surface area contributed by atoms with Crippen LogP contribution in [0.2, 0.25) is 0 Å². The fourth-order valence-electron chi connectivity index (χ4n) is 5.23. The van der Waals surface area contributed by atoms with Crippen LogP contribution < -0.4 is 5.32 Å². The van der Waals surface area contributed by atoms with Crippen LogP contribution in [-0.2, 0) is 4.79 Å². The van der Waals surface area contributed by atoms with Crippen molar-refractivity contribution in [3.63, 3.8) is 0 Å². The van der Waals surface area contributed by atoms with Crippen LogP contribution in [0.5, 0.6) is 0 Å². The summed E-state index contributed by atoms with van der Waals surface area (Å²) < 4.78 is 13.7. The summed E-state index contributed by atoms with van der Waals surface area (Å²) in [7, 11) is 0. The number of nitrogens with zero attached hydrogens (tertiary/aromatic N) is 1. The lowest BCUT2D eigenvalue weighted by Gasteiger charge is -2.38. The van der Waals surface area contributed by atoms with Gasteiger partial charge in [0.25, 0.3) is 0 Å². The van der Waals surface area contributed by atoms with Crippen molar-refractivity contribution in [2.45, 2.75) is 38.6 Å². The summed E-state index contributed by atoms with van der Waals surface area (Å²) in [6.07, 6.45) is 4.04. The van der Waals surface area contributed by atoms with Gasteiger partial charge in [-0.3, -0.25) is 9.69 Å². The maximum atomic E-state index is 13.7. The average molecular weight is 470 g/mol. The van der Waals surface area contributed by atoms with Crippen LogP contribution in [0.15, 0.2) is 79.0 Å². The highest BCUT2D eigenvalue weighted by molar-refractivity contribution is 5.92. The molecule has 0 spiro atoms. The van der Waals surface area contributed by atoms with E-state index in [1.165, 1.54) is 16.5 Å². The molecule has 2 N–H and O–H groups in total. The minimum atomic E-state index is -0.212. The minimum Gasteiger partial charge on any atom is -0.361 e. The van der Waals surface area contributed by atoms with Crippen LogP contribution in [-0.4, -0.2) is 28.9 Å². The molecule has 4 nitrogen and oxygen atoms in total. The largest absolute Gasteiger partial charge is 0.361 e. The number of aromatic nitrogens is 1. The number of carbonyl (C=O) groups excluding carboxylic acids is 1. The van der Waals surface area contributed by atoms with E-state index in [9.17, 15) is 9.18 Å². The van der Waals surface area contributed by atoms with Gasteiger partial charge in [0.05, 0.1) is 6.04 Å². The van der Waals surface area contributed by atoms with Gasteiger partial charge in [-0.15, -0.1) is 0 Å². The molecule has 0 bridgehead atoms. The van der Waals surface area contributed by atoms with Crippen LogP contribution in [0.3, 0.4) is 0 Å². The van der Waals surface area contributed by atoms with Crippen LogP contribution in [0, 0.1) is 11.7 Å². The summed E-state index contributed by atoms with van der Waals surface area (Å²) in [5, 5.41) is 4.23. The van der Waals surface area contributed by atoms with Gasteiger partial charge in [-0.1, -0.05) is 50.2 Å². The van der Waals surface area contributed by atoms with Gasteiger partial charge in [-0.25, -0.2) is 4.39 Å². The Balaban J connectivity index is 1.38. The Hall–Kier alpha value is -3.44. The molecule has 35 heavy (non-hydrogen) atoms. The maximum absolute atomic E-state index is 13.7. The summed E-state index contributed by atoms with van der Waals surface area (Å²) >= 11 is 0. The second kappa shape index (κ2) is 10.0. The van der Waals surface area contributed by atoms with Crippen molar-refractivity contribution in [2.24, 2.45) is 5.92 Å². The van der Waals surface area contributed by atoms with Gasteiger partial charge in [0.15, 0.2) is 0 Å². The van der Waals surface area contributed by atoms with Crippen molar-refractivity contribution in [3.8, 4) is 0 Å². The number of fused-ring (bicyclic) bond motifs is 1. The first kappa shape index (κ1) is 23.3. The lowest BCUT2D eigenvalue weighted by molar-refractivity contribution is -0.118. The molecular formula is C30H32FN3O. The topological polar surface area (TPSA) is 48.1 Å². The van der Waals surface area contributed by atoms with Crippen molar-refractivity contribution in [1.29, 1.82) is 0 Å². The molecule has 5 rings (SSSR count). The number of likely N-dealkylation sites (tertiary alicyclic amines) is 1. The summed E-state index contributed by atoms with van der Waals surface area (Å²) in [4.78, 5) is 18.0. The molecule has 1 saturated heterocycles. The number of rotatable bonds is 6. The zero-order valence-corrected chi connectivity index (χ0v) is 20.3. The van der Waals surface area contributed by atoms with Crippen molar-refractivity contribution in [3.05, 3.63) is 102 Å². The van der Waals surface area contributed by atoms with E-state index >= 15 is 0 Å². The number of benzene rings is 3. The second-order valence-corrected chi connectivity index (χ2v) is 9.82. The lowest BCUT2D eigenvalue weighted by Crippen LogP contribution is -2.36. The Morgan fingerprint density at radius 1 is 1.00 bits per heavy atom. The van der Waals surface area contributed by atoms with Gasteiger partial charge in [0, 0.05) is 28.7 Å². The smallest absolute Gasteiger partial charge is 0.226 e. The average Bonchev–Trinajstić information content (AvgIpc) is 3.36. The standard InChI is InChI=1S/C30H32FN3O/c1-20(2)30(35)33-25-6-3-5-23(19-25)21-14-17-34(18-15-21)29(22-9-11-24(31)12-10-22)27-7-4-8-28-26(27)13-16-32-28/h3-13,16,19-21,29,32H,14-15,17-18H2,1-2H3,(H,33,35). The molecule has 1 unspecified atom stereocenters. The molecule has 0 radical (unpaired) electrons. The number of piperidine rings is 1. The lowest BCUT2D eigenvalue weighted by atomic mass is 9.86. The molecule has 1 aromatic heterocycles. The number of halogens is 1. The van der Waals surface area contributed by atoms with Crippen LogP contribution >= 0.6 is 0 Å². The van der Waals surface area contributed by atoms with Crippen LogP contribution in [0.4, 0.5) is 10.1 Å². The van der Waals surface area contributed by atoms with E-state index in [-0.39, 0.29) is 23.7 Å². The zero-order valence-electron chi connectivity index (χ0n) is 20.3. The highest BCUT2D eigenvalue weighted by Crippen LogP contribution is 2.38.